The third-order valence-electron chi connectivity index (χ3n) is 3.20. The zero-order valence-corrected chi connectivity index (χ0v) is 11.2. The summed E-state index contributed by atoms with van der Waals surface area (Å²) in [6.45, 7) is 2.49. The maximum absolute atomic E-state index is 12.1. The Morgan fingerprint density at radius 2 is 1.90 bits per heavy atom. The molecule has 1 aromatic heterocycles. The Kier molecular flexibility index (Phi) is 3.25. The van der Waals surface area contributed by atoms with Crippen LogP contribution in [0.2, 0.25) is 0 Å². The van der Waals surface area contributed by atoms with Crippen LogP contribution in [0.3, 0.4) is 0 Å². The van der Waals surface area contributed by atoms with E-state index in [4.69, 9.17) is 4.42 Å². The van der Waals surface area contributed by atoms with Crippen LogP contribution in [0.15, 0.2) is 59.0 Å². The van der Waals surface area contributed by atoms with E-state index in [0.717, 1.165) is 22.1 Å². The lowest BCUT2D eigenvalue weighted by atomic mass is 10.2. The van der Waals surface area contributed by atoms with E-state index in [2.05, 4.69) is 5.32 Å². The molecule has 0 saturated carbocycles. The number of nitrogens with one attached hydrogen (secondary N) is 1. The lowest BCUT2D eigenvalue weighted by Crippen LogP contribution is -2.22. The van der Waals surface area contributed by atoms with Crippen LogP contribution in [0.5, 0.6) is 0 Å². The fourth-order valence-corrected chi connectivity index (χ4v) is 2.12. The standard InChI is InChI=1S/C17H15NO2/c1-12-7-8-14-10-16(20-15(14)9-12)17(19)18-11-13-5-3-2-4-6-13/h2-10H,11H2,1H3,(H,18,19). The lowest BCUT2D eigenvalue weighted by Gasteiger charge is -2.02. The van der Waals surface area contributed by atoms with Crippen molar-refractivity contribution in [2.45, 2.75) is 13.5 Å². The van der Waals surface area contributed by atoms with Gasteiger partial charge in [-0.25, -0.2) is 0 Å². The second-order valence-electron chi connectivity index (χ2n) is 4.82. The van der Waals surface area contributed by atoms with Gasteiger partial charge in [0.25, 0.3) is 5.91 Å². The molecule has 0 bridgehead atoms. The Labute approximate surface area is 117 Å². The quantitative estimate of drug-likeness (QED) is 0.785. The number of hydrogen-bond donors (Lipinski definition) is 1. The molecule has 3 nitrogen and oxygen atoms in total. The monoisotopic (exact) mass is 265 g/mol. The average molecular weight is 265 g/mol. The number of carbonyl (C=O) groups excluding carboxylic acids is 1. The number of carbonyl (C=O) groups is 1. The Morgan fingerprint density at radius 1 is 1.10 bits per heavy atom. The molecule has 0 aliphatic heterocycles. The largest absolute Gasteiger partial charge is 0.451 e. The zero-order valence-electron chi connectivity index (χ0n) is 11.2. The van der Waals surface area contributed by atoms with Gasteiger partial charge in [-0.05, 0) is 30.2 Å². The number of fused-ring (bicyclic) bond motifs is 1. The van der Waals surface area contributed by atoms with E-state index in [-0.39, 0.29) is 5.91 Å². The molecule has 0 aliphatic carbocycles. The van der Waals surface area contributed by atoms with E-state index in [1.807, 2.05) is 55.5 Å². The number of aryl methyl sites for hydroxylation is 1. The van der Waals surface area contributed by atoms with Crippen LogP contribution in [0, 0.1) is 6.92 Å². The van der Waals surface area contributed by atoms with Crippen LogP contribution >= 0.6 is 0 Å². The molecule has 0 unspecified atom stereocenters. The van der Waals surface area contributed by atoms with Crippen molar-refractivity contribution >= 4 is 16.9 Å². The molecule has 0 spiro atoms. The molecule has 0 aliphatic rings. The summed E-state index contributed by atoms with van der Waals surface area (Å²) in [6.07, 6.45) is 0. The van der Waals surface area contributed by atoms with Gasteiger partial charge >= 0.3 is 0 Å². The molecular weight excluding hydrogens is 250 g/mol. The number of amides is 1. The SMILES string of the molecule is Cc1ccc2cc(C(=O)NCc3ccccc3)oc2c1. The van der Waals surface area contributed by atoms with E-state index < -0.39 is 0 Å². The lowest BCUT2D eigenvalue weighted by molar-refractivity contribution is 0.0925. The van der Waals surface area contributed by atoms with Crippen LogP contribution < -0.4 is 5.32 Å². The first-order valence-corrected chi connectivity index (χ1v) is 6.55. The molecule has 0 saturated heterocycles. The van der Waals surface area contributed by atoms with Crippen molar-refractivity contribution in [2.75, 3.05) is 0 Å². The Morgan fingerprint density at radius 3 is 2.70 bits per heavy atom. The second kappa shape index (κ2) is 5.21. The highest BCUT2D eigenvalue weighted by Crippen LogP contribution is 2.20. The summed E-state index contributed by atoms with van der Waals surface area (Å²) >= 11 is 0. The van der Waals surface area contributed by atoms with E-state index >= 15 is 0 Å². The van der Waals surface area contributed by atoms with E-state index in [1.54, 1.807) is 6.07 Å². The van der Waals surface area contributed by atoms with Crippen LogP contribution in [0.4, 0.5) is 0 Å². The molecule has 3 heteroatoms. The Hall–Kier alpha value is -2.55. The molecule has 3 rings (SSSR count). The molecular formula is C17H15NO2. The van der Waals surface area contributed by atoms with Gasteiger partial charge in [0, 0.05) is 11.9 Å². The minimum atomic E-state index is -0.192. The smallest absolute Gasteiger partial charge is 0.287 e. The summed E-state index contributed by atoms with van der Waals surface area (Å²) < 4.78 is 5.59. The van der Waals surface area contributed by atoms with Crippen LogP contribution in [0.1, 0.15) is 21.7 Å². The van der Waals surface area contributed by atoms with Gasteiger partial charge in [0.2, 0.25) is 0 Å². The van der Waals surface area contributed by atoms with Gasteiger partial charge in [0.1, 0.15) is 5.58 Å². The van der Waals surface area contributed by atoms with Gasteiger partial charge in [-0.15, -0.1) is 0 Å². The van der Waals surface area contributed by atoms with Crippen LogP contribution in [-0.4, -0.2) is 5.91 Å². The number of furan rings is 1. The molecule has 20 heavy (non-hydrogen) atoms. The van der Waals surface area contributed by atoms with Gasteiger partial charge in [0.15, 0.2) is 5.76 Å². The summed E-state index contributed by atoms with van der Waals surface area (Å²) in [7, 11) is 0. The van der Waals surface area contributed by atoms with Gasteiger partial charge in [-0.3, -0.25) is 4.79 Å². The molecule has 0 radical (unpaired) electrons. The minimum Gasteiger partial charge on any atom is -0.451 e. The summed E-state index contributed by atoms with van der Waals surface area (Å²) in [6, 6.07) is 17.5. The summed E-state index contributed by atoms with van der Waals surface area (Å²) in [4.78, 5) is 12.1. The summed E-state index contributed by atoms with van der Waals surface area (Å²) in [5.41, 5.74) is 2.92. The molecule has 0 atom stereocenters. The molecule has 100 valence electrons. The highest BCUT2D eigenvalue weighted by atomic mass is 16.3. The van der Waals surface area contributed by atoms with E-state index in [0.29, 0.717) is 12.3 Å². The van der Waals surface area contributed by atoms with Crippen LogP contribution in [0.25, 0.3) is 11.0 Å². The molecule has 1 heterocycles. The van der Waals surface area contributed by atoms with Crippen molar-refractivity contribution in [1.29, 1.82) is 0 Å². The number of benzene rings is 2. The maximum Gasteiger partial charge on any atom is 0.287 e. The third-order valence-corrected chi connectivity index (χ3v) is 3.20. The predicted octanol–water partition coefficient (Wildman–Crippen LogP) is 3.67. The van der Waals surface area contributed by atoms with Crippen molar-refractivity contribution in [1.82, 2.24) is 5.32 Å². The van der Waals surface area contributed by atoms with Crippen LogP contribution in [-0.2, 0) is 6.54 Å². The average Bonchev–Trinajstić information content (AvgIpc) is 2.89. The van der Waals surface area contributed by atoms with Crippen molar-refractivity contribution in [3.63, 3.8) is 0 Å². The number of rotatable bonds is 3. The van der Waals surface area contributed by atoms with Crippen molar-refractivity contribution in [3.8, 4) is 0 Å². The van der Waals surface area contributed by atoms with E-state index in [1.165, 1.54) is 0 Å². The van der Waals surface area contributed by atoms with Gasteiger partial charge < -0.3 is 9.73 Å². The first-order valence-electron chi connectivity index (χ1n) is 6.55. The first-order chi connectivity index (χ1) is 9.72. The third kappa shape index (κ3) is 2.57. The number of hydrogen-bond acceptors (Lipinski definition) is 2. The Balaban J connectivity index is 1.75. The first kappa shape index (κ1) is 12.5. The fraction of sp³-hybridized carbons (Fsp3) is 0.118. The maximum atomic E-state index is 12.1. The summed E-state index contributed by atoms with van der Waals surface area (Å²) in [5.74, 6) is 0.157. The zero-order chi connectivity index (χ0) is 13.9. The Bertz CT molecular complexity index is 744. The van der Waals surface area contributed by atoms with Gasteiger partial charge in [0.05, 0.1) is 0 Å². The fourth-order valence-electron chi connectivity index (χ4n) is 2.12. The van der Waals surface area contributed by atoms with Crippen molar-refractivity contribution in [3.05, 3.63) is 71.5 Å². The highest BCUT2D eigenvalue weighted by molar-refractivity contribution is 5.96. The highest BCUT2D eigenvalue weighted by Gasteiger charge is 2.11. The molecule has 3 aromatic rings. The molecule has 2 aromatic carbocycles. The predicted molar refractivity (Wildman–Crippen MR) is 78.6 cm³/mol. The van der Waals surface area contributed by atoms with Gasteiger partial charge in [-0.1, -0.05) is 42.5 Å². The molecule has 0 fully saturated rings. The van der Waals surface area contributed by atoms with Crippen molar-refractivity contribution in [2.24, 2.45) is 0 Å². The van der Waals surface area contributed by atoms with Crippen molar-refractivity contribution < 1.29 is 9.21 Å². The van der Waals surface area contributed by atoms with E-state index in [9.17, 15) is 4.79 Å². The normalized spacial score (nSPS) is 10.7. The molecule has 1 amide bonds. The summed E-state index contributed by atoms with van der Waals surface area (Å²) in [5, 5.41) is 3.80. The molecule has 1 N–H and O–H groups in total. The topological polar surface area (TPSA) is 42.2 Å². The van der Waals surface area contributed by atoms with Gasteiger partial charge in [-0.2, -0.15) is 0 Å². The second-order valence-corrected chi connectivity index (χ2v) is 4.82. The minimum absolute atomic E-state index is 0.192.